The Hall–Kier alpha value is -2.97. The van der Waals surface area contributed by atoms with Crippen LogP contribution in [0.15, 0.2) is 36.5 Å². The third-order valence-corrected chi connectivity index (χ3v) is 8.47. The molecule has 1 aliphatic heterocycles. The van der Waals surface area contributed by atoms with Crippen molar-refractivity contribution in [3.63, 3.8) is 0 Å². The van der Waals surface area contributed by atoms with Crippen molar-refractivity contribution in [2.75, 3.05) is 20.2 Å². The van der Waals surface area contributed by atoms with Gasteiger partial charge in [0.15, 0.2) is 0 Å². The summed E-state index contributed by atoms with van der Waals surface area (Å²) in [5, 5.41) is 2.14. The number of carbonyl (C=O) groups excluding carboxylic acids is 1. The molecule has 6 rings (SSSR count). The van der Waals surface area contributed by atoms with Gasteiger partial charge in [-0.05, 0) is 68.0 Å². The zero-order valence-corrected chi connectivity index (χ0v) is 20.8. The van der Waals surface area contributed by atoms with Gasteiger partial charge in [-0.15, -0.1) is 11.3 Å². The van der Waals surface area contributed by atoms with Crippen molar-refractivity contribution in [1.29, 1.82) is 0 Å². The smallest absolute Gasteiger partial charge is 0.254 e. The lowest BCUT2D eigenvalue weighted by Gasteiger charge is -2.33. The van der Waals surface area contributed by atoms with Gasteiger partial charge in [0, 0.05) is 46.4 Å². The highest BCUT2D eigenvalue weighted by atomic mass is 32.1. The summed E-state index contributed by atoms with van der Waals surface area (Å²) in [6, 6.07) is 9.66. The molecule has 0 unspecified atom stereocenters. The molecule has 1 aromatic carbocycles. The van der Waals surface area contributed by atoms with E-state index in [4.69, 9.17) is 10.5 Å². The second kappa shape index (κ2) is 8.60. The zero-order chi connectivity index (χ0) is 24.3. The largest absolute Gasteiger partial charge is 0.496 e. The van der Waals surface area contributed by atoms with Gasteiger partial charge in [0.05, 0.1) is 24.2 Å². The molecule has 0 spiro atoms. The standard InChI is InChI=1S/C27H29FN4O2S/c1-15-24-22(34-2)9-18(27(33)31-13-19(28)11-20(29)14-31)10-23(24)35-25(15)21-8-17-4-3-7-30-26(17)32(21)12-16-5-6-16/h3-4,7-10,16,19-20H,5-6,11-14,29H2,1-2H3/t19-,20-/m1/s1. The van der Waals surface area contributed by atoms with Crippen LogP contribution >= 0.6 is 11.3 Å². The second-order valence-corrected chi connectivity index (χ2v) is 11.0. The number of rotatable bonds is 5. The number of nitrogens with two attached hydrogens (primary N) is 1. The molecule has 4 aromatic rings. The fourth-order valence-electron chi connectivity index (χ4n) is 5.31. The molecule has 0 bridgehead atoms. The van der Waals surface area contributed by atoms with Crippen LogP contribution in [-0.4, -0.2) is 52.8 Å². The quantitative estimate of drug-likeness (QED) is 0.418. The molecule has 1 aliphatic carbocycles. The molecule has 182 valence electrons. The predicted molar refractivity (Wildman–Crippen MR) is 138 cm³/mol. The minimum absolute atomic E-state index is 0.0792. The summed E-state index contributed by atoms with van der Waals surface area (Å²) in [4.78, 5) is 20.7. The van der Waals surface area contributed by atoms with Crippen LogP contribution < -0.4 is 10.5 Å². The van der Waals surface area contributed by atoms with Crippen molar-refractivity contribution >= 4 is 38.4 Å². The highest BCUT2D eigenvalue weighted by molar-refractivity contribution is 7.22. The number of hydrogen-bond donors (Lipinski definition) is 1. The normalized spacial score (nSPS) is 20.6. The fraction of sp³-hybridized carbons (Fsp3) is 0.407. The number of piperidine rings is 1. The second-order valence-electron chi connectivity index (χ2n) is 9.91. The molecule has 1 saturated heterocycles. The summed E-state index contributed by atoms with van der Waals surface area (Å²) in [7, 11) is 1.63. The van der Waals surface area contributed by atoms with E-state index in [0.29, 0.717) is 30.2 Å². The Balaban J connectivity index is 1.46. The Morgan fingerprint density at radius 2 is 2.11 bits per heavy atom. The first-order chi connectivity index (χ1) is 16.9. The number of amides is 1. The number of fused-ring (bicyclic) bond motifs is 2. The van der Waals surface area contributed by atoms with Gasteiger partial charge in [-0.3, -0.25) is 4.79 Å². The number of hydrogen-bond acceptors (Lipinski definition) is 5. The number of pyridine rings is 1. The summed E-state index contributed by atoms with van der Waals surface area (Å²) in [5.74, 6) is 1.16. The van der Waals surface area contributed by atoms with Gasteiger partial charge in [0.25, 0.3) is 5.91 Å². The average Bonchev–Trinajstić information content (AvgIpc) is 3.51. The van der Waals surface area contributed by atoms with Crippen LogP contribution in [-0.2, 0) is 6.54 Å². The van der Waals surface area contributed by atoms with E-state index in [1.807, 2.05) is 18.3 Å². The highest BCUT2D eigenvalue weighted by Gasteiger charge is 2.30. The van der Waals surface area contributed by atoms with Gasteiger partial charge in [0.2, 0.25) is 0 Å². The minimum atomic E-state index is -1.09. The van der Waals surface area contributed by atoms with Gasteiger partial charge in [-0.25, -0.2) is 9.37 Å². The number of likely N-dealkylation sites (tertiary alicyclic amines) is 1. The number of ether oxygens (including phenoxy) is 1. The van der Waals surface area contributed by atoms with Gasteiger partial charge >= 0.3 is 0 Å². The Morgan fingerprint density at radius 1 is 1.29 bits per heavy atom. The van der Waals surface area contributed by atoms with Crippen molar-refractivity contribution < 1.29 is 13.9 Å². The molecule has 8 heteroatoms. The molecule has 6 nitrogen and oxygen atoms in total. The number of halogens is 1. The lowest BCUT2D eigenvalue weighted by Crippen LogP contribution is -2.50. The van der Waals surface area contributed by atoms with Gasteiger partial charge < -0.3 is 19.9 Å². The Kier molecular flexibility index (Phi) is 5.53. The first kappa shape index (κ1) is 22.5. The molecule has 1 amide bonds. The van der Waals surface area contributed by atoms with Crippen molar-refractivity contribution in [1.82, 2.24) is 14.5 Å². The SMILES string of the molecule is COc1cc(C(=O)N2C[C@H](N)C[C@@H](F)C2)cc2sc(-c3cc4cccnc4n3CC3CC3)c(C)c12. The average molecular weight is 493 g/mol. The Labute approximate surface area is 207 Å². The van der Waals surface area contributed by atoms with E-state index in [0.717, 1.165) is 43.8 Å². The zero-order valence-electron chi connectivity index (χ0n) is 20.0. The number of aryl methyl sites for hydroxylation is 1. The first-order valence-electron chi connectivity index (χ1n) is 12.2. The van der Waals surface area contributed by atoms with E-state index in [1.165, 1.54) is 17.7 Å². The van der Waals surface area contributed by atoms with Crippen LogP contribution in [0, 0.1) is 12.8 Å². The van der Waals surface area contributed by atoms with Crippen LogP contribution in [0.4, 0.5) is 4.39 Å². The number of carbonyl (C=O) groups is 1. The molecule has 0 radical (unpaired) electrons. The van der Waals surface area contributed by atoms with Gasteiger partial charge in [-0.2, -0.15) is 0 Å². The summed E-state index contributed by atoms with van der Waals surface area (Å²) < 4.78 is 23.2. The van der Waals surface area contributed by atoms with E-state index in [9.17, 15) is 9.18 Å². The van der Waals surface area contributed by atoms with Crippen LogP contribution in [0.3, 0.4) is 0 Å². The maximum atomic E-state index is 14.1. The van der Waals surface area contributed by atoms with Crippen molar-refractivity contribution in [3.05, 3.63) is 47.7 Å². The minimum Gasteiger partial charge on any atom is -0.496 e. The van der Waals surface area contributed by atoms with Crippen LogP contribution in [0.5, 0.6) is 5.75 Å². The molecule has 2 N–H and O–H groups in total. The molecule has 2 aliphatic rings. The van der Waals surface area contributed by atoms with E-state index < -0.39 is 6.17 Å². The van der Waals surface area contributed by atoms with E-state index in [1.54, 1.807) is 24.5 Å². The molecular formula is C27H29FN4O2S. The first-order valence-corrected chi connectivity index (χ1v) is 13.0. The summed E-state index contributed by atoms with van der Waals surface area (Å²) in [6.07, 6.45) is 3.57. The van der Waals surface area contributed by atoms with E-state index in [-0.39, 0.29) is 18.5 Å². The molecule has 1 saturated carbocycles. The maximum absolute atomic E-state index is 14.1. The monoisotopic (exact) mass is 492 g/mol. The van der Waals surface area contributed by atoms with E-state index in [2.05, 4.69) is 28.6 Å². The molecule has 2 fully saturated rings. The summed E-state index contributed by atoms with van der Waals surface area (Å²) >= 11 is 1.66. The maximum Gasteiger partial charge on any atom is 0.254 e. The van der Waals surface area contributed by atoms with Crippen molar-refractivity contribution in [2.45, 2.75) is 44.9 Å². The van der Waals surface area contributed by atoms with Crippen LogP contribution in [0.1, 0.15) is 35.2 Å². The molecule has 4 heterocycles. The predicted octanol–water partition coefficient (Wildman–Crippen LogP) is 5.16. The molecule has 2 atom stereocenters. The van der Waals surface area contributed by atoms with Gasteiger partial charge in [-0.1, -0.05) is 0 Å². The molecule has 3 aromatic heterocycles. The number of alkyl halides is 1. The van der Waals surface area contributed by atoms with E-state index >= 15 is 0 Å². The molecular weight excluding hydrogens is 463 g/mol. The number of nitrogens with zero attached hydrogens (tertiary/aromatic N) is 3. The third kappa shape index (κ3) is 3.98. The van der Waals surface area contributed by atoms with Crippen LogP contribution in [0.25, 0.3) is 31.7 Å². The molecule has 35 heavy (non-hydrogen) atoms. The number of thiophene rings is 1. The van der Waals surface area contributed by atoms with Crippen molar-refractivity contribution in [3.8, 4) is 16.3 Å². The number of benzene rings is 1. The Morgan fingerprint density at radius 3 is 2.86 bits per heavy atom. The van der Waals surface area contributed by atoms with Crippen LogP contribution in [0.2, 0.25) is 0 Å². The third-order valence-electron chi connectivity index (χ3n) is 7.21. The number of aromatic nitrogens is 2. The summed E-state index contributed by atoms with van der Waals surface area (Å²) in [6.45, 7) is 3.52. The lowest BCUT2D eigenvalue weighted by atomic mass is 10.0. The topological polar surface area (TPSA) is 73.4 Å². The highest BCUT2D eigenvalue weighted by Crippen LogP contribution is 2.45. The van der Waals surface area contributed by atoms with Crippen molar-refractivity contribution in [2.24, 2.45) is 11.7 Å². The number of methoxy groups -OCH3 is 1. The van der Waals surface area contributed by atoms with Gasteiger partial charge in [0.1, 0.15) is 17.6 Å². The Bertz CT molecular complexity index is 1430. The lowest BCUT2D eigenvalue weighted by molar-refractivity contribution is 0.0606. The summed E-state index contributed by atoms with van der Waals surface area (Å²) in [5.41, 5.74) is 9.78. The fourth-order valence-corrected chi connectivity index (χ4v) is 6.60.